The van der Waals surface area contributed by atoms with Gasteiger partial charge >= 0.3 is 0 Å². The molecule has 0 aliphatic carbocycles. The minimum absolute atomic E-state index is 0.206. The van der Waals surface area contributed by atoms with Crippen molar-refractivity contribution in [1.29, 1.82) is 0 Å². The van der Waals surface area contributed by atoms with Crippen LogP contribution in [0.4, 0.5) is 5.69 Å². The standard InChI is InChI=1S/C21H19N3O3S/c1-12-7-8-16-19(13(12)2)23(3)21(28-16)22-20(27)14-5-4-6-15(11-14)24-17(25)9-10-18(24)26/h4-8,11H,9-10H2,1-3H3. The number of imide groups is 1. The highest BCUT2D eigenvalue weighted by atomic mass is 32.1. The summed E-state index contributed by atoms with van der Waals surface area (Å²) >= 11 is 1.46. The van der Waals surface area contributed by atoms with Crippen LogP contribution in [0.15, 0.2) is 41.4 Å². The number of hydrogen-bond acceptors (Lipinski definition) is 4. The van der Waals surface area contributed by atoms with Gasteiger partial charge in [0, 0.05) is 25.5 Å². The van der Waals surface area contributed by atoms with Crippen LogP contribution in [0.3, 0.4) is 0 Å². The van der Waals surface area contributed by atoms with E-state index in [1.807, 2.05) is 17.7 Å². The Hall–Kier alpha value is -3.06. The summed E-state index contributed by atoms with van der Waals surface area (Å²) in [7, 11) is 1.90. The SMILES string of the molecule is Cc1ccc2sc(=NC(=O)c3cccc(N4C(=O)CCC4=O)c3)n(C)c2c1C. The third-order valence-electron chi connectivity index (χ3n) is 5.09. The molecule has 1 aromatic heterocycles. The Morgan fingerprint density at radius 2 is 1.79 bits per heavy atom. The summed E-state index contributed by atoms with van der Waals surface area (Å²) in [5.74, 6) is -0.890. The summed E-state index contributed by atoms with van der Waals surface area (Å²) in [6, 6.07) is 10.6. The van der Waals surface area contributed by atoms with Crippen molar-refractivity contribution in [2.24, 2.45) is 12.0 Å². The van der Waals surface area contributed by atoms with Crippen LogP contribution < -0.4 is 9.70 Å². The van der Waals surface area contributed by atoms with Gasteiger partial charge in [0.2, 0.25) is 11.8 Å². The quantitative estimate of drug-likeness (QED) is 0.628. The van der Waals surface area contributed by atoms with Crippen molar-refractivity contribution in [2.75, 3.05) is 4.90 Å². The van der Waals surface area contributed by atoms with Crippen molar-refractivity contribution in [3.63, 3.8) is 0 Å². The van der Waals surface area contributed by atoms with E-state index < -0.39 is 5.91 Å². The van der Waals surface area contributed by atoms with Gasteiger partial charge < -0.3 is 4.57 Å². The molecule has 0 unspecified atom stereocenters. The molecular weight excluding hydrogens is 374 g/mol. The maximum atomic E-state index is 12.8. The molecule has 1 saturated heterocycles. The molecule has 3 amide bonds. The Balaban J connectivity index is 1.75. The summed E-state index contributed by atoms with van der Waals surface area (Å²) in [6.45, 7) is 4.12. The predicted octanol–water partition coefficient (Wildman–Crippen LogP) is 3.25. The first-order valence-corrected chi connectivity index (χ1v) is 9.79. The van der Waals surface area contributed by atoms with Gasteiger partial charge in [0.05, 0.1) is 15.9 Å². The van der Waals surface area contributed by atoms with Crippen molar-refractivity contribution in [3.8, 4) is 0 Å². The summed E-state index contributed by atoms with van der Waals surface area (Å²) in [5, 5.41) is 0. The molecule has 28 heavy (non-hydrogen) atoms. The van der Waals surface area contributed by atoms with Crippen LogP contribution in [-0.4, -0.2) is 22.3 Å². The molecule has 142 valence electrons. The number of benzene rings is 2. The average Bonchev–Trinajstić information content (AvgIpc) is 3.18. The second-order valence-corrected chi connectivity index (χ2v) is 7.90. The van der Waals surface area contributed by atoms with E-state index in [4.69, 9.17) is 0 Å². The van der Waals surface area contributed by atoms with Gasteiger partial charge in [-0.05, 0) is 49.2 Å². The Morgan fingerprint density at radius 3 is 2.50 bits per heavy atom. The Morgan fingerprint density at radius 1 is 1.07 bits per heavy atom. The zero-order chi connectivity index (χ0) is 20.0. The smallest absolute Gasteiger partial charge is 0.279 e. The molecular formula is C21H19N3O3S. The Kier molecular flexibility index (Phi) is 4.47. The summed E-state index contributed by atoms with van der Waals surface area (Å²) in [6.07, 6.45) is 0.412. The minimum Gasteiger partial charge on any atom is -0.319 e. The lowest BCUT2D eigenvalue weighted by Gasteiger charge is -2.14. The topological polar surface area (TPSA) is 71.7 Å². The number of aromatic nitrogens is 1. The molecule has 1 fully saturated rings. The first-order valence-electron chi connectivity index (χ1n) is 8.97. The lowest BCUT2D eigenvalue weighted by atomic mass is 10.1. The first-order chi connectivity index (χ1) is 13.4. The van der Waals surface area contributed by atoms with Gasteiger partial charge in [-0.2, -0.15) is 4.99 Å². The van der Waals surface area contributed by atoms with Gasteiger partial charge in [-0.25, -0.2) is 0 Å². The fraction of sp³-hybridized carbons (Fsp3) is 0.238. The van der Waals surface area contributed by atoms with Crippen LogP contribution in [0.1, 0.15) is 34.3 Å². The number of rotatable bonds is 2. The molecule has 3 aromatic rings. The number of hydrogen-bond donors (Lipinski definition) is 0. The maximum absolute atomic E-state index is 12.8. The largest absolute Gasteiger partial charge is 0.319 e. The van der Waals surface area contributed by atoms with Crippen LogP contribution >= 0.6 is 11.3 Å². The molecule has 7 heteroatoms. The highest BCUT2D eigenvalue weighted by Crippen LogP contribution is 2.25. The van der Waals surface area contributed by atoms with Gasteiger partial charge in [-0.3, -0.25) is 19.3 Å². The summed E-state index contributed by atoms with van der Waals surface area (Å²) < 4.78 is 3.00. The Bertz CT molecular complexity index is 1200. The highest BCUT2D eigenvalue weighted by molar-refractivity contribution is 7.16. The molecule has 6 nitrogen and oxygen atoms in total. The van der Waals surface area contributed by atoms with Gasteiger partial charge in [-0.15, -0.1) is 0 Å². The molecule has 1 aliphatic rings. The van der Waals surface area contributed by atoms with E-state index in [1.54, 1.807) is 24.3 Å². The molecule has 0 N–H and O–H groups in total. The molecule has 0 saturated carbocycles. The number of fused-ring (bicyclic) bond motifs is 1. The average molecular weight is 393 g/mol. The fourth-order valence-corrected chi connectivity index (χ4v) is 4.51. The Labute approximate surface area is 165 Å². The third-order valence-corrected chi connectivity index (χ3v) is 6.19. The van der Waals surface area contributed by atoms with Gasteiger partial charge in [0.1, 0.15) is 0 Å². The predicted molar refractivity (Wildman–Crippen MR) is 108 cm³/mol. The van der Waals surface area contributed by atoms with Crippen molar-refractivity contribution >= 4 is 45.0 Å². The van der Waals surface area contributed by atoms with Crippen LogP contribution in [0.5, 0.6) is 0 Å². The number of nitrogens with zero attached hydrogens (tertiary/aromatic N) is 3. The van der Waals surface area contributed by atoms with Gasteiger partial charge in [0.25, 0.3) is 5.91 Å². The van der Waals surface area contributed by atoms with Gasteiger partial charge in [-0.1, -0.05) is 23.5 Å². The van der Waals surface area contributed by atoms with Crippen LogP contribution in [0.25, 0.3) is 10.2 Å². The van der Waals surface area contributed by atoms with E-state index in [0.29, 0.717) is 16.1 Å². The number of carbonyl (C=O) groups is 3. The number of anilines is 1. The summed E-state index contributed by atoms with van der Waals surface area (Å²) in [5.41, 5.74) is 4.18. The van der Waals surface area contributed by atoms with E-state index in [2.05, 4.69) is 24.9 Å². The van der Waals surface area contributed by atoms with E-state index >= 15 is 0 Å². The second kappa shape index (κ2) is 6.83. The van der Waals surface area contributed by atoms with Crippen molar-refractivity contribution in [3.05, 3.63) is 57.9 Å². The third kappa shape index (κ3) is 2.97. The van der Waals surface area contributed by atoms with E-state index in [0.717, 1.165) is 15.1 Å². The maximum Gasteiger partial charge on any atom is 0.279 e. The van der Waals surface area contributed by atoms with Crippen LogP contribution in [0.2, 0.25) is 0 Å². The monoisotopic (exact) mass is 393 g/mol. The summed E-state index contributed by atoms with van der Waals surface area (Å²) in [4.78, 5) is 42.7. The lowest BCUT2D eigenvalue weighted by molar-refractivity contribution is -0.121. The molecule has 2 heterocycles. The normalized spacial score (nSPS) is 15.1. The minimum atomic E-state index is -0.405. The van der Waals surface area contributed by atoms with Crippen molar-refractivity contribution < 1.29 is 14.4 Å². The van der Waals surface area contributed by atoms with E-state index in [-0.39, 0.29) is 24.7 Å². The molecule has 0 spiro atoms. The van der Waals surface area contributed by atoms with Gasteiger partial charge in [0.15, 0.2) is 4.80 Å². The van der Waals surface area contributed by atoms with Crippen molar-refractivity contribution in [1.82, 2.24) is 4.57 Å². The molecule has 0 radical (unpaired) electrons. The highest BCUT2D eigenvalue weighted by Gasteiger charge is 2.30. The van der Waals surface area contributed by atoms with E-state index in [1.165, 1.54) is 22.5 Å². The van der Waals surface area contributed by atoms with Crippen molar-refractivity contribution in [2.45, 2.75) is 26.7 Å². The number of aryl methyl sites for hydroxylation is 3. The molecule has 0 bridgehead atoms. The zero-order valence-corrected chi connectivity index (χ0v) is 16.7. The first kappa shape index (κ1) is 18.3. The fourth-order valence-electron chi connectivity index (χ4n) is 3.43. The molecule has 0 atom stereocenters. The molecule has 1 aliphatic heterocycles. The van der Waals surface area contributed by atoms with E-state index in [9.17, 15) is 14.4 Å². The van der Waals surface area contributed by atoms with Crippen LogP contribution in [-0.2, 0) is 16.6 Å². The van der Waals surface area contributed by atoms with Crippen LogP contribution in [0, 0.1) is 13.8 Å². The second-order valence-electron chi connectivity index (χ2n) is 6.89. The zero-order valence-electron chi connectivity index (χ0n) is 15.9. The number of thiazole rings is 1. The number of carbonyl (C=O) groups excluding carboxylic acids is 3. The lowest BCUT2D eigenvalue weighted by Crippen LogP contribution is -2.28. The molecule has 2 aromatic carbocycles. The number of amides is 3. The molecule has 4 rings (SSSR count).